The van der Waals surface area contributed by atoms with Crippen LogP contribution >= 0.6 is 0 Å². The van der Waals surface area contributed by atoms with Crippen molar-refractivity contribution in [1.82, 2.24) is 10.2 Å². The molecule has 190 valence electrons. The number of urea groups is 1. The standard InChI is InChI=1S/C28H39N3O4/c1-2-29-28(33)30-24-10-8-9-23(17-24)27-34-25(19-31-15-6-4-3-5-7-16-31)18-26(35-27)22-13-11-21(20-32)12-14-22/h8-14,17,25-27,32H,2-7,15-16,18-20H2,1H3,(H2,29,30,33). The van der Waals surface area contributed by atoms with E-state index in [0.29, 0.717) is 12.2 Å². The Kier molecular flexibility index (Phi) is 9.54. The zero-order valence-electron chi connectivity index (χ0n) is 20.7. The predicted octanol–water partition coefficient (Wildman–Crippen LogP) is 5.13. The van der Waals surface area contributed by atoms with Crippen molar-refractivity contribution >= 4 is 11.7 Å². The lowest BCUT2D eigenvalue weighted by Gasteiger charge is -2.39. The van der Waals surface area contributed by atoms with Gasteiger partial charge in [0.2, 0.25) is 0 Å². The molecule has 2 saturated heterocycles. The fourth-order valence-corrected chi connectivity index (χ4v) is 4.92. The lowest BCUT2D eigenvalue weighted by atomic mass is 9.99. The molecule has 2 amide bonds. The molecule has 3 atom stereocenters. The van der Waals surface area contributed by atoms with Gasteiger partial charge in [0.25, 0.3) is 0 Å². The number of nitrogens with zero attached hydrogens (tertiary/aromatic N) is 1. The number of rotatable bonds is 7. The number of ether oxygens (including phenoxy) is 2. The van der Waals surface area contributed by atoms with E-state index >= 15 is 0 Å². The first-order valence-electron chi connectivity index (χ1n) is 13.0. The number of aliphatic hydroxyl groups is 1. The minimum atomic E-state index is -0.526. The number of nitrogens with one attached hydrogen (secondary N) is 2. The van der Waals surface area contributed by atoms with Crippen LogP contribution in [0, 0.1) is 0 Å². The quantitative estimate of drug-likeness (QED) is 0.511. The number of aliphatic hydroxyl groups excluding tert-OH is 1. The lowest BCUT2D eigenvalue weighted by Crippen LogP contribution is -2.40. The van der Waals surface area contributed by atoms with Gasteiger partial charge in [0.15, 0.2) is 6.29 Å². The van der Waals surface area contributed by atoms with Crippen LogP contribution in [-0.4, -0.2) is 48.3 Å². The molecule has 0 saturated carbocycles. The van der Waals surface area contributed by atoms with Crippen LogP contribution in [0.15, 0.2) is 48.5 Å². The van der Waals surface area contributed by atoms with Gasteiger partial charge in [0, 0.05) is 30.8 Å². The van der Waals surface area contributed by atoms with Crippen molar-refractivity contribution in [3.05, 3.63) is 65.2 Å². The molecule has 0 bridgehead atoms. The maximum atomic E-state index is 12.0. The van der Waals surface area contributed by atoms with Gasteiger partial charge in [-0.25, -0.2) is 4.79 Å². The second kappa shape index (κ2) is 13.0. The summed E-state index contributed by atoms with van der Waals surface area (Å²) in [6.45, 7) is 5.61. The Bertz CT molecular complexity index is 928. The highest BCUT2D eigenvalue weighted by Crippen LogP contribution is 2.38. The van der Waals surface area contributed by atoms with Crippen LogP contribution in [0.3, 0.4) is 0 Å². The number of hydrogen-bond donors (Lipinski definition) is 3. The number of benzene rings is 2. The monoisotopic (exact) mass is 481 g/mol. The third-order valence-corrected chi connectivity index (χ3v) is 6.78. The molecule has 7 nitrogen and oxygen atoms in total. The van der Waals surface area contributed by atoms with Crippen LogP contribution in [0.2, 0.25) is 0 Å². The fraction of sp³-hybridized carbons (Fsp3) is 0.536. The van der Waals surface area contributed by atoms with Crippen LogP contribution in [-0.2, 0) is 16.1 Å². The van der Waals surface area contributed by atoms with Crippen molar-refractivity contribution in [2.75, 3.05) is 31.5 Å². The number of carbonyl (C=O) groups is 1. The molecule has 0 radical (unpaired) electrons. The first kappa shape index (κ1) is 25.6. The van der Waals surface area contributed by atoms with Gasteiger partial charge in [-0.15, -0.1) is 0 Å². The lowest BCUT2D eigenvalue weighted by molar-refractivity contribution is -0.253. The first-order valence-corrected chi connectivity index (χ1v) is 13.0. The summed E-state index contributed by atoms with van der Waals surface area (Å²) in [6.07, 6.45) is 6.62. The van der Waals surface area contributed by atoms with Crippen LogP contribution in [0.4, 0.5) is 10.5 Å². The van der Waals surface area contributed by atoms with Gasteiger partial charge in [0.05, 0.1) is 18.8 Å². The van der Waals surface area contributed by atoms with Crippen molar-refractivity contribution in [3.8, 4) is 0 Å². The smallest absolute Gasteiger partial charge is 0.319 e. The Balaban J connectivity index is 1.52. The fourth-order valence-electron chi connectivity index (χ4n) is 4.92. The molecule has 2 aromatic carbocycles. The number of carbonyl (C=O) groups excluding carboxylic acids is 1. The number of anilines is 1. The summed E-state index contributed by atoms with van der Waals surface area (Å²) in [4.78, 5) is 14.6. The van der Waals surface area contributed by atoms with E-state index in [9.17, 15) is 9.90 Å². The zero-order valence-corrected chi connectivity index (χ0v) is 20.7. The second-order valence-corrected chi connectivity index (χ2v) is 9.53. The van der Waals surface area contributed by atoms with Crippen molar-refractivity contribution in [3.63, 3.8) is 0 Å². The molecule has 3 unspecified atom stereocenters. The summed E-state index contributed by atoms with van der Waals surface area (Å²) < 4.78 is 13.0. The Morgan fingerprint density at radius 1 is 1.00 bits per heavy atom. The summed E-state index contributed by atoms with van der Waals surface area (Å²) >= 11 is 0. The molecule has 3 N–H and O–H groups in total. The highest BCUT2D eigenvalue weighted by Gasteiger charge is 2.33. The van der Waals surface area contributed by atoms with Crippen LogP contribution < -0.4 is 10.6 Å². The van der Waals surface area contributed by atoms with Gasteiger partial charge in [-0.1, -0.05) is 55.7 Å². The van der Waals surface area contributed by atoms with E-state index in [-0.39, 0.29) is 24.8 Å². The highest BCUT2D eigenvalue weighted by atomic mass is 16.7. The summed E-state index contributed by atoms with van der Waals surface area (Å²) in [7, 11) is 0. The maximum Gasteiger partial charge on any atom is 0.319 e. The summed E-state index contributed by atoms with van der Waals surface area (Å²) in [6, 6.07) is 15.4. The normalized spacial score (nSPS) is 23.8. The van der Waals surface area contributed by atoms with E-state index < -0.39 is 6.29 Å². The van der Waals surface area contributed by atoms with Gasteiger partial charge in [-0.2, -0.15) is 0 Å². The summed E-state index contributed by atoms with van der Waals surface area (Å²) in [5.74, 6) is 0. The van der Waals surface area contributed by atoms with E-state index in [4.69, 9.17) is 9.47 Å². The van der Waals surface area contributed by atoms with Crippen LogP contribution in [0.1, 0.15) is 74.5 Å². The molecule has 2 aromatic rings. The minimum absolute atomic E-state index is 0.0283. The predicted molar refractivity (Wildman–Crippen MR) is 137 cm³/mol. The van der Waals surface area contributed by atoms with Gasteiger partial charge >= 0.3 is 6.03 Å². The molecule has 0 aliphatic carbocycles. The van der Waals surface area contributed by atoms with Crippen LogP contribution in [0.25, 0.3) is 0 Å². The second-order valence-electron chi connectivity index (χ2n) is 9.53. The van der Waals surface area contributed by atoms with Crippen molar-refractivity contribution in [2.24, 2.45) is 0 Å². The molecule has 4 rings (SSSR count). The zero-order chi connectivity index (χ0) is 24.5. The first-order chi connectivity index (χ1) is 17.1. The average molecular weight is 482 g/mol. The topological polar surface area (TPSA) is 83.1 Å². The summed E-state index contributed by atoms with van der Waals surface area (Å²) in [5, 5.41) is 15.1. The molecule has 2 aliphatic rings. The number of likely N-dealkylation sites (tertiary alicyclic amines) is 1. The highest BCUT2D eigenvalue weighted by molar-refractivity contribution is 5.89. The van der Waals surface area contributed by atoms with E-state index in [1.54, 1.807) is 0 Å². The van der Waals surface area contributed by atoms with E-state index in [1.807, 2.05) is 55.5 Å². The average Bonchev–Trinajstić information content (AvgIpc) is 2.86. The molecule has 7 heteroatoms. The van der Waals surface area contributed by atoms with Crippen molar-refractivity contribution < 1.29 is 19.4 Å². The molecule has 0 aromatic heterocycles. The third kappa shape index (κ3) is 7.51. The van der Waals surface area contributed by atoms with Crippen LogP contribution in [0.5, 0.6) is 0 Å². The van der Waals surface area contributed by atoms with E-state index in [1.165, 1.54) is 32.1 Å². The number of hydrogen-bond acceptors (Lipinski definition) is 5. The molecular weight excluding hydrogens is 442 g/mol. The third-order valence-electron chi connectivity index (χ3n) is 6.78. The molecule has 2 fully saturated rings. The van der Waals surface area contributed by atoms with E-state index in [0.717, 1.165) is 42.7 Å². The Labute approximate surface area is 208 Å². The molecule has 2 heterocycles. The van der Waals surface area contributed by atoms with Gasteiger partial charge in [-0.05, 0) is 56.1 Å². The van der Waals surface area contributed by atoms with Gasteiger partial charge < -0.3 is 30.1 Å². The summed E-state index contributed by atoms with van der Waals surface area (Å²) in [5.41, 5.74) is 3.56. The molecule has 0 spiro atoms. The molecular formula is C28H39N3O4. The maximum absolute atomic E-state index is 12.0. The molecule has 2 aliphatic heterocycles. The largest absolute Gasteiger partial charge is 0.392 e. The van der Waals surface area contributed by atoms with Crippen molar-refractivity contribution in [1.29, 1.82) is 0 Å². The van der Waals surface area contributed by atoms with Gasteiger partial charge in [0.1, 0.15) is 0 Å². The Morgan fingerprint density at radius 2 is 1.74 bits per heavy atom. The molecule has 35 heavy (non-hydrogen) atoms. The van der Waals surface area contributed by atoms with Gasteiger partial charge in [-0.3, -0.25) is 0 Å². The number of amides is 2. The van der Waals surface area contributed by atoms with Crippen molar-refractivity contribution in [2.45, 2.75) is 70.6 Å². The Morgan fingerprint density at radius 3 is 2.46 bits per heavy atom. The Hall–Kier alpha value is -2.45. The minimum Gasteiger partial charge on any atom is -0.392 e. The SMILES string of the molecule is CCNC(=O)Nc1cccc(C2OC(CN3CCCCCCC3)CC(c3ccc(CO)cc3)O2)c1. The van der Waals surface area contributed by atoms with E-state index in [2.05, 4.69) is 15.5 Å².